The molecule has 0 radical (unpaired) electrons. The van der Waals surface area contributed by atoms with E-state index in [9.17, 15) is 4.79 Å². The Labute approximate surface area is 166 Å². The fourth-order valence-electron chi connectivity index (χ4n) is 2.91. The molecule has 1 N–H and O–H groups in total. The molecule has 7 nitrogen and oxygen atoms in total. The van der Waals surface area contributed by atoms with E-state index in [0.717, 1.165) is 29.3 Å². The SMILES string of the molecule is CCc1ccccc1-n1nnc(-c2nsc(NC(=O)c3ccccc3)n2)c1C. The van der Waals surface area contributed by atoms with Gasteiger partial charge in [-0.15, -0.1) is 5.10 Å². The van der Waals surface area contributed by atoms with Gasteiger partial charge < -0.3 is 0 Å². The summed E-state index contributed by atoms with van der Waals surface area (Å²) in [6, 6.07) is 17.1. The quantitative estimate of drug-likeness (QED) is 0.558. The van der Waals surface area contributed by atoms with Gasteiger partial charge in [0.2, 0.25) is 5.13 Å². The molecule has 4 rings (SSSR count). The molecule has 0 aliphatic rings. The zero-order valence-electron chi connectivity index (χ0n) is 15.5. The van der Waals surface area contributed by atoms with Gasteiger partial charge in [0.25, 0.3) is 5.91 Å². The highest BCUT2D eigenvalue weighted by molar-refractivity contribution is 7.10. The number of hydrogen-bond acceptors (Lipinski definition) is 6. The average molecular weight is 390 g/mol. The number of benzene rings is 2. The molecule has 0 aliphatic heterocycles. The first kappa shape index (κ1) is 18.0. The number of nitrogens with one attached hydrogen (secondary N) is 1. The summed E-state index contributed by atoms with van der Waals surface area (Å²) in [6.45, 7) is 4.04. The molecule has 0 bridgehead atoms. The van der Waals surface area contributed by atoms with Gasteiger partial charge in [-0.25, -0.2) is 4.68 Å². The zero-order valence-corrected chi connectivity index (χ0v) is 16.3. The third kappa shape index (κ3) is 3.41. The maximum Gasteiger partial charge on any atom is 0.257 e. The van der Waals surface area contributed by atoms with E-state index in [0.29, 0.717) is 22.2 Å². The largest absolute Gasteiger partial charge is 0.297 e. The van der Waals surface area contributed by atoms with Crippen molar-refractivity contribution in [3.63, 3.8) is 0 Å². The summed E-state index contributed by atoms with van der Waals surface area (Å²) in [7, 11) is 0. The number of amides is 1. The highest BCUT2D eigenvalue weighted by Crippen LogP contribution is 2.25. The van der Waals surface area contributed by atoms with Crippen LogP contribution in [0.2, 0.25) is 0 Å². The van der Waals surface area contributed by atoms with Gasteiger partial charge in [-0.3, -0.25) is 10.1 Å². The lowest BCUT2D eigenvalue weighted by Gasteiger charge is -2.08. The van der Waals surface area contributed by atoms with Crippen LogP contribution in [0.4, 0.5) is 5.13 Å². The first-order valence-electron chi connectivity index (χ1n) is 8.88. The Kier molecular flexibility index (Phi) is 4.94. The van der Waals surface area contributed by atoms with Crippen LogP contribution in [0.25, 0.3) is 17.2 Å². The van der Waals surface area contributed by atoms with Crippen molar-refractivity contribution < 1.29 is 4.79 Å². The number of aromatic nitrogens is 5. The Morgan fingerprint density at radius 2 is 1.86 bits per heavy atom. The molecule has 0 aliphatic carbocycles. The number of nitrogens with zero attached hydrogens (tertiary/aromatic N) is 5. The smallest absolute Gasteiger partial charge is 0.257 e. The summed E-state index contributed by atoms with van der Waals surface area (Å²) in [5.74, 6) is 0.228. The average Bonchev–Trinajstić information content (AvgIpc) is 3.34. The van der Waals surface area contributed by atoms with Crippen molar-refractivity contribution in [2.24, 2.45) is 0 Å². The normalized spacial score (nSPS) is 10.8. The number of anilines is 1. The molecule has 0 spiro atoms. The van der Waals surface area contributed by atoms with Crippen LogP contribution in [0.3, 0.4) is 0 Å². The molecule has 8 heteroatoms. The van der Waals surface area contributed by atoms with Crippen molar-refractivity contribution in [1.29, 1.82) is 0 Å². The highest BCUT2D eigenvalue weighted by Gasteiger charge is 2.18. The Morgan fingerprint density at radius 3 is 2.64 bits per heavy atom. The molecule has 0 saturated carbocycles. The van der Waals surface area contributed by atoms with Crippen LogP contribution >= 0.6 is 11.5 Å². The Hall–Kier alpha value is -3.39. The molecular weight excluding hydrogens is 372 g/mol. The van der Waals surface area contributed by atoms with Gasteiger partial charge in [-0.2, -0.15) is 9.36 Å². The fourth-order valence-corrected chi connectivity index (χ4v) is 3.48. The third-order valence-corrected chi connectivity index (χ3v) is 5.02. The minimum atomic E-state index is -0.222. The Morgan fingerprint density at radius 1 is 1.11 bits per heavy atom. The van der Waals surface area contributed by atoms with E-state index in [2.05, 4.69) is 38.0 Å². The van der Waals surface area contributed by atoms with Crippen LogP contribution in [0.15, 0.2) is 54.6 Å². The van der Waals surface area contributed by atoms with Gasteiger partial charge in [-0.1, -0.05) is 48.5 Å². The van der Waals surface area contributed by atoms with Gasteiger partial charge >= 0.3 is 0 Å². The molecule has 2 heterocycles. The maximum absolute atomic E-state index is 12.3. The van der Waals surface area contributed by atoms with E-state index in [-0.39, 0.29) is 5.91 Å². The van der Waals surface area contributed by atoms with Crippen molar-refractivity contribution in [2.45, 2.75) is 20.3 Å². The number of hydrogen-bond donors (Lipinski definition) is 1. The van der Waals surface area contributed by atoms with E-state index in [1.807, 2.05) is 43.3 Å². The lowest BCUT2D eigenvalue weighted by atomic mass is 10.1. The van der Waals surface area contributed by atoms with Crippen LogP contribution in [0, 0.1) is 6.92 Å². The number of carbonyl (C=O) groups excluding carboxylic acids is 1. The standard InChI is InChI=1S/C20H18N6OS/c1-3-14-9-7-8-12-16(14)26-13(2)17(23-25-26)18-21-20(28-24-18)22-19(27)15-10-5-4-6-11-15/h4-12H,3H2,1-2H3,(H,21,22,24,27). The topological polar surface area (TPSA) is 85.6 Å². The molecule has 4 aromatic rings. The monoisotopic (exact) mass is 390 g/mol. The summed E-state index contributed by atoms with van der Waals surface area (Å²) in [4.78, 5) is 16.7. The van der Waals surface area contributed by atoms with E-state index in [1.165, 1.54) is 5.56 Å². The van der Waals surface area contributed by atoms with E-state index in [4.69, 9.17) is 0 Å². The van der Waals surface area contributed by atoms with Gasteiger partial charge in [0.05, 0.1) is 11.4 Å². The lowest BCUT2D eigenvalue weighted by molar-refractivity contribution is 0.102. The van der Waals surface area contributed by atoms with E-state index < -0.39 is 0 Å². The molecule has 0 fully saturated rings. The molecular formula is C20H18N6OS. The van der Waals surface area contributed by atoms with Gasteiger partial charge in [-0.05, 0) is 37.1 Å². The number of aryl methyl sites for hydroxylation is 1. The molecule has 0 unspecified atom stereocenters. The second-order valence-electron chi connectivity index (χ2n) is 6.16. The van der Waals surface area contributed by atoms with Crippen molar-refractivity contribution in [3.05, 3.63) is 71.4 Å². The molecule has 140 valence electrons. The van der Waals surface area contributed by atoms with Crippen LogP contribution in [-0.2, 0) is 6.42 Å². The van der Waals surface area contributed by atoms with Crippen LogP contribution in [0.1, 0.15) is 28.5 Å². The summed E-state index contributed by atoms with van der Waals surface area (Å²) in [5.41, 5.74) is 4.19. The van der Waals surface area contributed by atoms with E-state index in [1.54, 1.807) is 16.8 Å². The van der Waals surface area contributed by atoms with Crippen molar-refractivity contribution in [1.82, 2.24) is 24.4 Å². The summed E-state index contributed by atoms with van der Waals surface area (Å²) >= 11 is 1.12. The Balaban J connectivity index is 1.60. The Bertz CT molecular complexity index is 1120. The number of carbonyl (C=O) groups is 1. The zero-order chi connectivity index (χ0) is 19.5. The molecule has 0 atom stereocenters. The number of rotatable bonds is 5. The van der Waals surface area contributed by atoms with Gasteiger partial charge in [0.1, 0.15) is 0 Å². The van der Waals surface area contributed by atoms with E-state index >= 15 is 0 Å². The molecule has 2 aromatic carbocycles. The second-order valence-corrected chi connectivity index (χ2v) is 6.91. The third-order valence-electron chi connectivity index (χ3n) is 4.39. The minimum Gasteiger partial charge on any atom is -0.297 e. The lowest BCUT2D eigenvalue weighted by Crippen LogP contribution is -2.11. The van der Waals surface area contributed by atoms with Crippen molar-refractivity contribution >= 4 is 22.6 Å². The maximum atomic E-state index is 12.3. The highest BCUT2D eigenvalue weighted by atomic mass is 32.1. The summed E-state index contributed by atoms with van der Waals surface area (Å²) in [5, 5.41) is 11.8. The molecule has 0 saturated heterocycles. The fraction of sp³-hybridized carbons (Fsp3) is 0.150. The van der Waals surface area contributed by atoms with Gasteiger partial charge in [0, 0.05) is 17.1 Å². The van der Waals surface area contributed by atoms with Crippen molar-refractivity contribution in [2.75, 3.05) is 5.32 Å². The molecule has 2 aromatic heterocycles. The number of para-hydroxylation sites is 1. The predicted molar refractivity (Wildman–Crippen MR) is 109 cm³/mol. The summed E-state index contributed by atoms with van der Waals surface area (Å²) < 4.78 is 6.15. The predicted octanol–water partition coefficient (Wildman–Crippen LogP) is 3.91. The molecule has 1 amide bonds. The van der Waals surface area contributed by atoms with Crippen LogP contribution in [-0.4, -0.2) is 30.3 Å². The van der Waals surface area contributed by atoms with Gasteiger partial charge in [0.15, 0.2) is 11.5 Å². The minimum absolute atomic E-state index is 0.222. The second kappa shape index (κ2) is 7.69. The first-order chi connectivity index (χ1) is 13.7. The summed E-state index contributed by atoms with van der Waals surface area (Å²) in [6.07, 6.45) is 0.898. The first-order valence-corrected chi connectivity index (χ1v) is 9.65. The van der Waals surface area contributed by atoms with Crippen molar-refractivity contribution in [3.8, 4) is 17.2 Å². The molecule has 28 heavy (non-hydrogen) atoms. The van der Waals surface area contributed by atoms with Crippen LogP contribution < -0.4 is 5.32 Å². The van der Waals surface area contributed by atoms with Crippen LogP contribution in [0.5, 0.6) is 0 Å².